The number of phenols is 1. The zero-order chi connectivity index (χ0) is 34.3. The first-order valence-electron chi connectivity index (χ1n) is 16.3. The molecule has 1 spiro atoms. The van der Waals surface area contributed by atoms with Crippen molar-refractivity contribution in [2.75, 3.05) is 0 Å². The molecule has 6 aliphatic rings. The molecule has 9 nitrogen and oxygen atoms in total. The molecule has 3 aliphatic carbocycles. The first kappa shape index (κ1) is 33.0. The number of aliphatic hydroxyl groups excluding tert-OH is 1. The van der Waals surface area contributed by atoms with Crippen LogP contribution in [0.5, 0.6) is 17.2 Å². The monoisotopic (exact) mass is 644 g/mol. The molecule has 1 saturated heterocycles. The topological polar surface area (TPSA) is 129 Å². The highest BCUT2D eigenvalue weighted by Crippen LogP contribution is 2.68. The van der Waals surface area contributed by atoms with Crippen LogP contribution < -0.4 is 9.47 Å². The van der Waals surface area contributed by atoms with Crippen LogP contribution in [0.3, 0.4) is 0 Å². The fourth-order valence-corrected chi connectivity index (χ4v) is 8.22. The smallest absolute Gasteiger partial charge is 0.298 e. The van der Waals surface area contributed by atoms with Gasteiger partial charge in [0.05, 0.1) is 17.3 Å². The van der Waals surface area contributed by atoms with E-state index in [4.69, 9.17) is 18.9 Å². The highest BCUT2D eigenvalue weighted by atomic mass is 16.6. The van der Waals surface area contributed by atoms with Gasteiger partial charge in [-0.2, -0.15) is 0 Å². The van der Waals surface area contributed by atoms with Crippen molar-refractivity contribution in [2.24, 2.45) is 11.8 Å². The van der Waals surface area contributed by atoms with Crippen molar-refractivity contribution in [2.45, 2.75) is 109 Å². The maximum Gasteiger partial charge on any atom is 0.298 e. The second-order valence-electron chi connectivity index (χ2n) is 14.7. The molecule has 47 heavy (non-hydrogen) atoms. The molecular formula is C38H44O9. The maximum absolute atomic E-state index is 14.7. The number of carbonyl (C=O) groups excluding carboxylic acids is 3. The van der Waals surface area contributed by atoms with Crippen LogP contribution >= 0.6 is 0 Å². The molecule has 3 heterocycles. The van der Waals surface area contributed by atoms with Gasteiger partial charge in [0.25, 0.3) is 6.47 Å². The lowest BCUT2D eigenvalue weighted by molar-refractivity contribution is -0.171. The van der Waals surface area contributed by atoms with Crippen LogP contribution in [0, 0.1) is 11.8 Å². The predicted octanol–water partition coefficient (Wildman–Crippen LogP) is 6.26. The summed E-state index contributed by atoms with van der Waals surface area (Å²) in [4.78, 5) is 40.1. The van der Waals surface area contributed by atoms with E-state index in [0.717, 1.165) is 5.57 Å². The van der Waals surface area contributed by atoms with Crippen LogP contribution in [-0.4, -0.2) is 56.8 Å². The molecule has 250 valence electrons. The number of benzene rings is 1. The van der Waals surface area contributed by atoms with Crippen molar-refractivity contribution in [1.82, 2.24) is 0 Å². The molecule has 2 fully saturated rings. The minimum absolute atomic E-state index is 0.0183. The number of Topliss-reactive ketones (excluding diaryl/α,β-unsaturated/α-hetero) is 2. The summed E-state index contributed by atoms with van der Waals surface area (Å²) in [5.41, 5.74) is -1.77. The molecule has 0 radical (unpaired) electrons. The molecule has 3 aliphatic heterocycles. The van der Waals surface area contributed by atoms with E-state index in [1.165, 1.54) is 0 Å². The van der Waals surface area contributed by atoms with E-state index in [1.54, 1.807) is 32.1 Å². The van der Waals surface area contributed by atoms with Gasteiger partial charge in [-0.15, -0.1) is 0 Å². The average molecular weight is 645 g/mol. The average Bonchev–Trinajstić information content (AvgIpc) is 3.15. The van der Waals surface area contributed by atoms with E-state index < -0.39 is 40.2 Å². The van der Waals surface area contributed by atoms with Crippen LogP contribution in [0.2, 0.25) is 0 Å². The zero-order valence-electron chi connectivity index (χ0n) is 28.2. The summed E-state index contributed by atoms with van der Waals surface area (Å²) in [6, 6.07) is 0. The summed E-state index contributed by atoms with van der Waals surface area (Å²) in [5.74, 6) is -0.936. The van der Waals surface area contributed by atoms with E-state index in [0.29, 0.717) is 65.9 Å². The zero-order valence-corrected chi connectivity index (χ0v) is 28.2. The number of rotatable bonds is 10. The van der Waals surface area contributed by atoms with Crippen molar-refractivity contribution < 1.29 is 43.5 Å². The number of hydrogen-bond acceptors (Lipinski definition) is 9. The summed E-state index contributed by atoms with van der Waals surface area (Å²) in [6.45, 7) is 17.2. The van der Waals surface area contributed by atoms with Crippen molar-refractivity contribution in [3.8, 4) is 17.2 Å². The Labute approximate surface area is 275 Å². The molecule has 7 rings (SSSR count). The van der Waals surface area contributed by atoms with Crippen molar-refractivity contribution in [1.29, 1.82) is 0 Å². The Hall–Kier alpha value is -3.95. The summed E-state index contributed by atoms with van der Waals surface area (Å²) < 4.78 is 25.6. The van der Waals surface area contributed by atoms with Gasteiger partial charge in [0, 0.05) is 29.4 Å². The summed E-state index contributed by atoms with van der Waals surface area (Å²) in [7, 11) is 0. The van der Waals surface area contributed by atoms with Gasteiger partial charge in [-0.25, -0.2) is 0 Å². The number of allylic oxidation sites excluding steroid dienone is 4. The van der Waals surface area contributed by atoms with Crippen LogP contribution in [0.1, 0.15) is 95.6 Å². The fraction of sp³-hybridized carbons (Fsp3) is 0.500. The Morgan fingerprint density at radius 1 is 1.13 bits per heavy atom. The number of ether oxygens (including phenoxy) is 4. The molecular weight excluding hydrogens is 600 g/mol. The summed E-state index contributed by atoms with van der Waals surface area (Å²) >= 11 is 0. The van der Waals surface area contributed by atoms with Gasteiger partial charge in [0.1, 0.15) is 34.2 Å². The van der Waals surface area contributed by atoms with Crippen LogP contribution in [0.15, 0.2) is 53.4 Å². The van der Waals surface area contributed by atoms with Gasteiger partial charge in [0.15, 0.2) is 22.8 Å². The first-order chi connectivity index (χ1) is 22.0. The number of aromatic hydroxyl groups is 1. The van der Waals surface area contributed by atoms with E-state index in [9.17, 15) is 24.6 Å². The highest BCUT2D eigenvalue weighted by Gasteiger charge is 2.81. The van der Waals surface area contributed by atoms with Gasteiger partial charge in [-0.1, -0.05) is 29.9 Å². The van der Waals surface area contributed by atoms with Gasteiger partial charge in [-0.3, -0.25) is 14.4 Å². The van der Waals surface area contributed by atoms with E-state index in [1.807, 2.05) is 46.8 Å². The van der Waals surface area contributed by atoms with Crippen molar-refractivity contribution >= 4 is 24.1 Å². The second-order valence-corrected chi connectivity index (χ2v) is 14.7. The summed E-state index contributed by atoms with van der Waals surface area (Å²) in [6.07, 6.45) is 9.93. The Morgan fingerprint density at radius 2 is 1.85 bits per heavy atom. The van der Waals surface area contributed by atoms with Crippen LogP contribution in [0.4, 0.5) is 0 Å². The second kappa shape index (κ2) is 11.1. The standard InChI is InChI=1S/C38H44O9/c1-20(2)9-10-25-32-24(12-14-36(8,45-32)15-13-27(40)21(3)4)30(41)29-31(42)26-17-23-18-28-35(6,7)47-37(34(23)43,16-11-22(5)44-19-39)38(26,28)46-33(25)29/h9,11-12,14,17,19,23,27-28,40-41H,3,10,13,15-16,18H2,1-2,4-8H3/b22-11-/t23?,27?,28?,36-,37-,38+/m0/s1. The first-order valence-corrected chi connectivity index (χ1v) is 16.3. The van der Waals surface area contributed by atoms with Crippen molar-refractivity contribution in [3.63, 3.8) is 0 Å². The lowest BCUT2D eigenvalue weighted by Crippen LogP contribution is -2.72. The molecule has 1 aromatic rings. The fourth-order valence-electron chi connectivity index (χ4n) is 8.22. The maximum atomic E-state index is 14.7. The number of phenolic OH excluding ortho intramolecular Hbond substituents is 1. The normalized spacial score (nSPS) is 31.5. The molecule has 4 bridgehead atoms. The van der Waals surface area contributed by atoms with E-state index >= 15 is 0 Å². The predicted molar refractivity (Wildman–Crippen MR) is 175 cm³/mol. The third-order valence-corrected chi connectivity index (χ3v) is 10.7. The molecule has 2 N–H and O–H groups in total. The van der Waals surface area contributed by atoms with E-state index in [-0.39, 0.29) is 35.2 Å². The van der Waals surface area contributed by atoms with Gasteiger partial charge >= 0.3 is 0 Å². The molecule has 6 atom stereocenters. The number of carbonyl (C=O) groups is 3. The quantitative estimate of drug-likeness (QED) is 0.172. The SMILES string of the molecule is C=C(C)C(O)CC[C@]1(C)C=Cc2c(O)c3c(c(CC=C(C)C)c2O1)O[C@]12C(=CC4CC1C(C)(C)O[C@@]2(C/C=C(/C)OC=O)C4=O)C3=O. The molecule has 1 saturated carbocycles. The minimum Gasteiger partial charge on any atom is -0.506 e. The Kier molecular flexibility index (Phi) is 7.76. The van der Waals surface area contributed by atoms with Crippen LogP contribution in [0.25, 0.3) is 6.08 Å². The van der Waals surface area contributed by atoms with E-state index in [2.05, 4.69) is 6.58 Å². The Morgan fingerprint density at radius 3 is 2.51 bits per heavy atom. The number of fused-ring (bicyclic) bond motifs is 2. The molecule has 9 heteroatoms. The lowest BCUT2D eigenvalue weighted by Gasteiger charge is -2.56. The number of hydrogen-bond donors (Lipinski definition) is 2. The molecule has 0 aromatic heterocycles. The third-order valence-electron chi connectivity index (χ3n) is 10.7. The Balaban J connectivity index is 1.56. The highest BCUT2D eigenvalue weighted by molar-refractivity contribution is 6.19. The molecule has 3 unspecified atom stereocenters. The van der Waals surface area contributed by atoms with Gasteiger partial charge in [0.2, 0.25) is 0 Å². The number of aliphatic hydroxyl groups is 1. The van der Waals surface area contributed by atoms with Crippen LogP contribution in [-0.2, 0) is 25.5 Å². The molecule has 1 aromatic carbocycles. The summed E-state index contributed by atoms with van der Waals surface area (Å²) in [5, 5.41) is 22.3. The van der Waals surface area contributed by atoms with Gasteiger partial charge < -0.3 is 29.2 Å². The largest absolute Gasteiger partial charge is 0.506 e. The minimum atomic E-state index is -1.58. The lowest BCUT2D eigenvalue weighted by atomic mass is 9.51. The third kappa shape index (κ3) is 4.76. The number of ketones is 2. The van der Waals surface area contributed by atoms with Gasteiger partial charge in [-0.05, 0) is 92.4 Å². The Bertz CT molecular complexity index is 1720. The van der Waals surface area contributed by atoms with Crippen molar-refractivity contribution in [3.05, 3.63) is 70.1 Å². The molecule has 0 amide bonds.